The van der Waals surface area contributed by atoms with Crippen molar-refractivity contribution in [1.82, 2.24) is 9.97 Å². The molecule has 0 bridgehead atoms. The average Bonchev–Trinajstić information content (AvgIpc) is 2.82. The maximum absolute atomic E-state index is 4.15. The molecule has 0 amide bonds. The predicted octanol–water partition coefficient (Wildman–Crippen LogP) is 2.23. The average molecular weight is 234 g/mol. The van der Waals surface area contributed by atoms with Gasteiger partial charge in [0.15, 0.2) is 0 Å². The largest absolute Gasteiger partial charge is 0.373 e. The molecular weight excluding hydrogens is 220 g/mol. The van der Waals surface area contributed by atoms with Gasteiger partial charge in [-0.2, -0.15) is 11.3 Å². The molecule has 2 heterocycles. The van der Waals surface area contributed by atoms with Crippen LogP contribution in [0.15, 0.2) is 29.2 Å². The summed E-state index contributed by atoms with van der Waals surface area (Å²) in [5.41, 5.74) is 1.36. The third kappa shape index (κ3) is 2.93. The minimum Gasteiger partial charge on any atom is -0.373 e. The summed E-state index contributed by atoms with van der Waals surface area (Å²) in [6, 6.07) is 4.04. The zero-order valence-electron chi connectivity index (χ0n) is 9.10. The first kappa shape index (κ1) is 10.9. The molecule has 0 aliphatic heterocycles. The second-order valence-electron chi connectivity index (χ2n) is 3.35. The lowest BCUT2D eigenvalue weighted by Gasteiger charge is -2.05. The van der Waals surface area contributed by atoms with Crippen LogP contribution in [-0.4, -0.2) is 23.6 Å². The van der Waals surface area contributed by atoms with Gasteiger partial charge >= 0.3 is 0 Å². The number of nitrogens with zero attached hydrogens (tertiary/aromatic N) is 2. The van der Waals surface area contributed by atoms with E-state index in [1.54, 1.807) is 17.7 Å². The quantitative estimate of drug-likeness (QED) is 0.833. The van der Waals surface area contributed by atoms with Crippen LogP contribution in [0.5, 0.6) is 0 Å². The van der Waals surface area contributed by atoms with E-state index in [9.17, 15) is 0 Å². The van der Waals surface area contributed by atoms with E-state index in [2.05, 4.69) is 37.4 Å². The second kappa shape index (κ2) is 5.46. The molecule has 2 N–H and O–H groups in total. The first-order valence-electron chi connectivity index (χ1n) is 5.13. The van der Waals surface area contributed by atoms with Crippen LogP contribution in [0.25, 0.3) is 0 Å². The molecule has 0 aliphatic rings. The highest BCUT2D eigenvalue weighted by atomic mass is 32.1. The summed E-state index contributed by atoms with van der Waals surface area (Å²) in [5.74, 6) is 1.68. The smallest absolute Gasteiger partial charge is 0.131 e. The molecule has 0 saturated carbocycles. The molecule has 16 heavy (non-hydrogen) atoms. The summed E-state index contributed by atoms with van der Waals surface area (Å²) in [6.45, 7) is 0.886. The van der Waals surface area contributed by atoms with Crippen LogP contribution in [-0.2, 0) is 6.42 Å². The maximum atomic E-state index is 4.15. The highest BCUT2D eigenvalue weighted by Crippen LogP contribution is 2.09. The first-order valence-corrected chi connectivity index (χ1v) is 6.07. The number of anilines is 2. The third-order valence-corrected chi connectivity index (χ3v) is 2.96. The van der Waals surface area contributed by atoms with Crippen molar-refractivity contribution in [3.8, 4) is 0 Å². The van der Waals surface area contributed by atoms with Crippen molar-refractivity contribution in [1.29, 1.82) is 0 Å². The monoisotopic (exact) mass is 234 g/mol. The van der Waals surface area contributed by atoms with Gasteiger partial charge in [0.1, 0.15) is 18.0 Å². The van der Waals surface area contributed by atoms with Crippen molar-refractivity contribution >= 4 is 23.0 Å². The summed E-state index contributed by atoms with van der Waals surface area (Å²) in [7, 11) is 1.84. The summed E-state index contributed by atoms with van der Waals surface area (Å²) < 4.78 is 0. The number of thiophene rings is 1. The highest BCUT2D eigenvalue weighted by molar-refractivity contribution is 7.07. The summed E-state index contributed by atoms with van der Waals surface area (Å²) in [6.07, 6.45) is 2.57. The molecule has 0 saturated heterocycles. The van der Waals surface area contributed by atoms with Gasteiger partial charge in [0, 0.05) is 19.7 Å². The fourth-order valence-electron chi connectivity index (χ4n) is 1.36. The van der Waals surface area contributed by atoms with Crippen molar-refractivity contribution in [2.45, 2.75) is 6.42 Å². The summed E-state index contributed by atoms with van der Waals surface area (Å²) in [5, 5.41) is 10.5. The van der Waals surface area contributed by atoms with Crippen LogP contribution >= 0.6 is 11.3 Å². The van der Waals surface area contributed by atoms with Gasteiger partial charge in [0.25, 0.3) is 0 Å². The Morgan fingerprint density at radius 3 is 2.94 bits per heavy atom. The number of rotatable bonds is 5. The Morgan fingerprint density at radius 2 is 2.19 bits per heavy atom. The molecule has 5 heteroatoms. The predicted molar refractivity (Wildman–Crippen MR) is 68.1 cm³/mol. The second-order valence-corrected chi connectivity index (χ2v) is 4.13. The van der Waals surface area contributed by atoms with Crippen molar-refractivity contribution in [2.24, 2.45) is 0 Å². The summed E-state index contributed by atoms with van der Waals surface area (Å²) >= 11 is 1.73. The molecule has 0 spiro atoms. The zero-order chi connectivity index (χ0) is 11.2. The molecule has 2 aromatic heterocycles. The van der Waals surface area contributed by atoms with Gasteiger partial charge in [-0.15, -0.1) is 0 Å². The number of aromatic nitrogens is 2. The van der Waals surface area contributed by atoms with Crippen LogP contribution in [0.2, 0.25) is 0 Å². The number of hydrogen-bond acceptors (Lipinski definition) is 5. The molecule has 0 unspecified atom stereocenters. The molecule has 0 fully saturated rings. The highest BCUT2D eigenvalue weighted by Gasteiger charge is 1.97. The Morgan fingerprint density at radius 1 is 1.31 bits per heavy atom. The molecule has 2 rings (SSSR count). The van der Waals surface area contributed by atoms with Crippen molar-refractivity contribution in [3.05, 3.63) is 34.8 Å². The van der Waals surface area contributed by atoms with E-state index in [1.807, 2.05) is 13.1 Å². The Labute approximate surface area is 98.8 Å². The molecule has 84 valence electrons. The third-order valence-electron chi connectivity index (χ3n) is 2.22. The lowest BCUT2D eigenvalue weighted by atomic mass is 10.2. The van der Waals surface area contributed by atoms with Gasteiger partial charge in [-0.1, -0.05) is 0 Å². The normalized spacial score (nSPS) is 10.1. The van der Waals surface area contributed by atoms with Gasteiger partial charge in [-0.3, -0.25) is 0 Å². The van der Waals surface area contributed by atoms with E-state index in [-0.39, 0.29) is 0 Å². The molecule has 0 radical (unpaired) electrons. The molecule has 4 nitrogen and oxygen atoms in total. The molecule has 0 aliphatic carbocycles. The Bertz CT molecular complexity index is 427. The first-order chi connectivity index (χ1) is 7.88. The summed E-state index contributed by atoms with van der Waals surface area (Å²) in [4.78, 5) is 8.20. The Kier molecular flexibility index (Phi) is 3.71. The van der Waals surface area contributed by atoms with E-state index >= 15 is 0 Å². The Balaban J connectivity index is 1.85. The van der Waals surface area contributed by atoms with Crippen LogP contribution in [0.3, 0.4) is 0 Å². The van der Waals surface area contributed by atoms with E-state index in [1.165, 1.54) is 5.56 Å². The molecular formula is C11H14N4S. The van der Waals surface area contributed by atoms with Gasteiger partial charge in [0.05, 0.1) is 0 Å². The van der Waals surface area contributed by atoms with E-state index in [0.717, 1.165) is 24.6 Å². The maximum Gasteiger partial charge on any atom is 0.131 e. The molecule has 0 atom stereocenters. The SMILES string of the molecule is CNc1cc(NCCc2ccsc2)ncn1. The van der Waals surface area contributed by atoms with Gasteiger partial charge in [-0.05, 0) is 28.8 Å². The lowest BCUT2D eigenvalue weighted by Crippen LogP contribution is -2.06. The Hall–Kier alpha value is -1.62. The fourth-order valence-corrected chi connectivity index (χ4v) is 2.06. The standard InChI is InChI=1S/C11H14N4S/c1-12-10-6-11(15-8-14-10)13-4-2-9-3-5-16-7-9/h3,5-8H,2,4H2,1H3,(H2,12,13,14,15). The van der Waals surface area contributed by atoms with Crippen LogP contribution in [0.1, 0.15) is 5.56 Å². The number of nitrogens with one attached hydrogen (secondary N) is 2. The minimum atomic E-state index is 0.827. The molecule has 2 aromatic rings. The zero-order valence-corrected chi connectivity index (χ0v) is 9.92. The molecule has 0 aromatic carbocycles. The van der Waals surface area contributed by atoms with Crippen LogP contribution in [0, 0.1) is 0 Å². The van der Waals surface area contributed by atoms with Gasteiger partial charge < -0.3 is 10.6 Å². The van der Waals surface area contributed by atoms with Crippen molar-refractivity contribution in [3.63, 3.8) is 0 Å². The van der Waals surface area contributed by atoms with Crippen LogP contribution < -0.4 is 10.6 Å². The lowest BCUT2D eigenvalue weighted by molar-refractivity contribution is 1.00. The van der Waals surface area contributed by atoms with Gasteiger partial charge in [0.2, 0.25) is 0 Å². The minimum absolute atomic E-state index is 0.827. The van der Waals surface area contributed by atoms with Crippen molar-refractivity contribution < 1.29 is 0 Å². The van der Waals surface area contributed by atoms with Crippen LogP contribution in [0.4, 0.5) is 11.6 Å². The topological polar surface area (TPSA) is 49.8 Å². The fraction of sp³-hybridized carbons (Fsp3) is 0.273. The van der Waals surface area contributed by atoms with Crippen molar-refractivity contribution in [2.75, 3.05) is 24.2 Å². The van der Waals surface area contributed by atoms with Gasteiger partial charge in [-0.25, -0.2) is 9.97 Å². The van der Waals surface area contributed by atoms with E-state index < -0.39 is 0 Å². The number of hydrogen-bond donors (Lipinski definition) is 2. The van der Waals surface area contributed by atoms with E-state index in [4.69, 9.17) is 0 Å². The van der Waals surface area contributed by atoms with E-state index in [0.29, 0.717) is 0 Å².